The molecular formula is C13H14N4O4. The number of imidazole rings is 1. The van der Waals surface area contributed by atoms with Crippen molar-refractivity contribution >= 4 is 17.3 Å². The van der Waals surface area contributed by atoms with Crippen LogP contribution in [0.15, 0.2) is 36.9 Å². The number of rotatable bonds is 7. The molecule has 2 N–H and O–H groups in total. The predicted octanol–water partition coefficient (Wildman–Crippen LogP) is 1.99. The van der Waals surface area contributed by atoms with E-state index in [1.54, 1.807) is 12.5 Å². The summed E-state index contributed by atoms with van der Waals surface area (Å²) in [7, 11) is 0. The fourth-order valence-corrected chi connectivity index (χ4v) is 1.89. The lowest BCUT2D eigenvalue weighted by Gasteiger charge is -2.08. The van der Waals surface area contributed by atoms with Crippen molar-refractivity contribution in [1.29, 1.82) is 0 Å². The number of nitrogens with zero attached hydrogens (tertiary/aromatic N) is 3. The Kier molecular flexibility index (Phi) is 4.50. The van der Waals surface area contributed by atoms with Crippen molar-refractivity contribution in [2.45, 2.75) is 13.0 Å². The van der Waals surface area contributed by atoms with Gasteiger partial charge in [0.05, 0.1) is 11.3 Å². The molecule has 0 saturated carbocycles. The smallest absolute Gasteiger partial charge is 0.342 e. The number of nitro benzene ring substituents is 1. The molecular weight excluding hydrogens is 276 g/mol. The lowest BCUT2D eigenvalue weighted by Crippen LogP contribution is -2.08. The van der Waals surface area contributed by atoms with Gasteiger partial charge in [-0.15, -0.1) is 0 Å². The molecule has 0 bridgehead atoms. The number of aryl methyl sites for hydroxylation is 1. The van der Waals surface area contributed by atoms with Crippen molar-refractivity contribution in [2.75, 3.05) is 11.9 Å². The Bertz CT molecular complexity index is 640. The van der Waals surface area contributed by atoms with Gasteiger partial charge in [-0.25, -0.2) is 9.78 Å². The summed E-state index contributed by atoms with van der Waals surface area (Å²) in [4.78, 5) is 25.0. The van der Waals surface area contributed by atoms with Gasteiger partial charge in [0, 0.05) is 37.2 Å². The molecule has 0 atom stereocenters. The first-order chi connectivity index (χ1) is 10.1. The topological polar surface area (TPSA) is 110 Å². The van der Waals surface area contributed by atoms with Crippen LogP contribution in [0.3, 0.4) is 0 Å². The van der Waals surface area contributed by atoms with Crippen LogP contribution in [0, 0.1) is 10.1 Å². The molecule has 0 aliphatic carbocycles. The first-order valence-electron chi connectivity index (χ1n) is 6.29. The van der Waals surface area contributed by atoms with Gasteiger partial charge in [-0.2, -0.15) is 0 Å². The SMILES string of the molecule is O=C(O)c1cc(NCCCn2ccnc2)ccc1[N+](=O)[O-]. The minimum absolute atomic E-state index is 0.320. The predicted molar refractivity (Wildman–Crippen MR) is 75.4 cm³/mol. The second kappa shape index (κ2) is 6.51. The molecule has 0 radical (unpaired) electrons. The number of nitro groups is 1. The summed E-state index contributed by atoms with van der Waals surface area (Å²) in [5, 5.41) is 22.8. The van der Waals surface area contributed by atoms with Crippen LogP contribution in [0.2, 0.25) is 0 Å². The van der Waals surface area contributed by atoms with Gasteiger partial charge < -0.3 is 15.0 Å². The first kappa shape index (κ1) is 14.5. The number of carbonyl (C=O) groups is 1. The maximum atomic E-state index is 11.0. The zero-order valence-electron chi connectivity index (χ0n) is 11.1. The van der Waals surface area contributed by atoms with E-state index in [4.69, 9.17) is 5.11 Å². The average molecular weight is 290 g/mol. The van der Waals surface area contributed by atoms with E-state index >= 15 is 0 Å². The third-order valence-corrected chi connectivity index (χ3v) is 2.91. The van der Waals surface area contributed by atoms with Crippen molar-refractivity contribution < 1.29 is 14.8 Å². The highest BCUT2D eigenvalue weighted by Gasteiger charge is 2.19. The van der Waals surface area contributed by atoms with Crippen molar-refractivity contribution in [1.82, 2.24) is 9.55 Å². The Balaban J connectivity index is 1.95. The summed E-state index contributed by atoms with van der Waals surface area (Å²) in [5.74, 6) is -1.32. The molecule has 21 heavy (non-hydrogen) atoms. The maximum absolute atomic E-state index is 11.0. The molecule has 0 saturated heterocycles. The monoisotopic (exact) mass is 290 g/mol. The van der Waals surface area contributed by atoms with E-state index in [2.05, 4.69) is 10.3 Å². The quantitative estimate of drug-likeness (QED) is 0.458. The van der Waals surface area contributed by atoms with Crippen LogP contribution in [0.1, 0.15) is 16.8 Å². The second-order valence-electron chi connectivity index (χ2n) is 4.38. The number of carboxylic acids is 1. The highest BCUT2D eigenvalue weighted by molar-refractivity contribution is 5.93. The van der Waals surface area contributed by atoms with Gasteiger partial charge in [0.2, 0.25) is 0 Å². The normalized spacial score (nSPS) is 10.3. The van der Waals surface area contributed by atoms with Gasteiger partial charge in [0.1, 0.15) is 5.56 Å². The van der Waals surface area contributed by atoms with Crippen molar-refractivity contribution in [3.63, 3.8) is 0 Å². The number of hydrogen-bond acceptors (Lipinski definition) is 5. The van der Waals surface area contributed by atoms with Gasteiger partial charge in [0.25, 0.3) is 5.69 Å². The number of hydrogen-bond donors (Lipinski definition) is 2. The first-order valence-corrected chi connectivity index (χ1v) is 6.29. The van der Waals surface area contributed by atoms with Crippen molar-refractivity contribution in [2.24, 2.45) is 0 Å². The zero-order valence-corrected chi connectivity index (χ0v) is 11.1. The zero-order chi connectivity index (χ0) is 15.2. The van der Waals surface area contributed by atoms with Crippen LogP contribution < -0.4 is 5.32 Å². The molecule has 1 aromatic carbocycles. The number of anilines is 1. The van der Waals surface area contributed by atoms with Crippen LogP contribution in [0.5, 0.6) is 0 Å². The molecule has 0 spiro atoms. The van der Waals surface area contributed by atoms with E-state index in [1.807, 2.05) is 10.8 Å². The number of aromatic carboxylic acids is 1. The summed E-state index contributed by atoms with van der Waals surface area (Å²) < 4.78 is 1.93. The van der Waals surface area contributed by atoms with Crippen LogP contribution >= 0.6 is 0 Å². The Labute approximate surface area is 120 Å². The van der Waals surface area contributed by atoms with Crippen LogP contribution in [-0.2, 0) is 6.54 Å². The van der Waals surface area contributed by atoms with Crippen LogP contribution in [0.25, 0.3) is 0 Å². The number of carboxylic acid groups (broad SMARTS) is 1. The van der Waals surface area contributed by atoms with Crippen LogP contribution in [0.4, 0.5) is 11.4 Å². The highest BCUT2D eigenvalue weighted by atomic mass is 16.6. The molecule has 0 fully saturated rings. The van der Waals surface area contributed by atoms with Gasteiger partial charge in [-0.05, 0) is 18.6 Å². The Morgan fingerprint density at radius 3 is 2.90 bits per heavy atom. The van der Waals surface area contributed by atoms with Crippen LogP contribution in [-0.4, -0.2) is 32.1 Å². The van der Waals surface area contributed by atoms with E-state index < -0.39 is 16.6 Å². The number of benzene rings is 1. The molecule has 8 nitrogen and oxygen atoms in total. The van der Waals surface area contributed by atoms with Crippen molar-refractivity contribution in [3.05, 3.63) is 52.6 Å². The molecule has 8 heteroatoms. The molecule has 0 aliphatic heterocycles. The largest absolute Gasteiger partial charge is 0.477 e. The highest BCUT2D eigenvalue weighted by Crippen LogP contribution is 2.22. The van der Waals surface area contributed by atoms with E-state index in [0.29, 0.717) is 12.2 Å². The summed E-state index contributed by atoms with van der Waals surface area (Å²) in [6.07, 6.45) is 6.08. The minimum Gasteiger partial charge on any atom is -0.477 e. The summed E-state index contributed by atoms with van der Waals surface area (Å²) in [6.45, 7) is 1.40. The molecule has 110 valence electrons. The fourth-order valence-electron chi connectivity index (χ4n) is 1.89. The summed E-state index contributed by atoms with van der Waals surface area (Å²) >= 11 is 0. The molecule has 0 amide bonds. The molecule has 0 unspecified atom stereocenters. The maximum Gasteiger partial charge on any atom is 0.342 e. The van der Waals surface area contributed by atoms with Crippen molar-refractivity contribution in [3.8, 4) is 0 Å². The fraction of sp³-hybridized carbons (Fsp3) is 0.231. The lowest BCUT2D eigenvalue weighted by atomic mass is 10.1. The third-order valence-electron chi connectivity index (χ3n) is 2.91. The second-order valence-corrected chi connectivity index (χ2v) is 4.38. The van der Waals surface area contributed by atoms with Gasteiger partial charge in [-0.1, -0.05) is 0 Å². The van der Waals surface area contributed by atoms with Gasteiger partial charge >= 0.3 is 5.97 Å². The van der Waals surface area contributed by atoms with E-state index in [-0.39, 0.29) is 5.56 Å². The van der Waals surface area contributed by atoms with E-state index in [1.165, 1.54) is 18.2 Å². The summed E-state index contributed by atoms with van der Waals surface area (Å²) in [6, 6.07) is 3.97. The molecule has 2 rings (SSSR count). The Morgan fingerprint density at radius 2 is 2.29 bits per heavy atom. The summed E-state index contributed by atoms with van der Waals surface area (Å²) in [5.41, 5.74) is -0.185. The standard InChI is InChI=1S/C13H14N4O4/c18-13(19)11-8-10(2-3-12(11)17(20)21)15-4-1-6-16-7-5-14-9-16/h2-3,5,7-9,15H,1,4,6H2,(H,18,19). The number of aromatic nitrogens is 2. The third kappa shape index (κ3) is 3.78. The molecule has 0 aliphatic rings. The molecule has 1 aromatic heterocycles. The average Bonchev–Trinajstić information content (AvgIpc) is 2.96. The molecule has 1 heterocycles. The van der Waals surface area contributed by atoms with E-state index in [9.17, 15) is 14.9 Å². The Hall–Kier alpha value is -2.90. The Morgan fingerprint density at radius 1 is 1.48 bits per heavy atom. The van der Waals surface area contributed by atoms with Gasteiger partial charge in [0.15, 0.2) is 0 Å². The molecule has 2 aromatic rings. The number of nitrogens with one attached hydrogen (secondary N) is 1. The minimum atomic E-state index is -1.32. The lowest BCUT2D eigenvalue weighted by molar-refractivity contribution is -0.385. The van der Waals surface area contributed by atoms with Gasteiger partial charge in [-0.3, -0.25) is 10.1 Å². The van der Waals surface area contributed by atoms with E-state index in [0.717, 1.165) is 13.0 Å².